The Bertz CT molecular complexity index is 766. The van der Waals surface area contributed by atoms with E-state index in [0.29, 0.717) is 17.8 Å². The second kappa shape index (κ2) is 9.07. The number of aliphatic imine (C=N–C) groups is 2. The Hall–Kier alpha value is -2.55. The minimum atomic E-state index is -0.182. The van der Waals surface area contributed by atoms with E-state index in [1.807, 2.05) is 62.4 Å². The lowest BCUT2D eigenvalue weighted by molar-refractivity contribution is 0.444. The number of benzene rings is 1. The van der Waals surface area contributed by atoms with E-state index in [2.05, 4.69) is 29.7 Å². The van der Waals surface area contributed by atoms with Gasteiger partial charge in [0.2, 0.25) is 0 Å². The van der Waals surface area contributed by atoms with E-state index in [0.717, 1.165) is 11.3 Å². The third-order valence-corrected chi connectivity index (χ3v) is 4.34. The number of rotatable bonds is 5. The van der Waals surface area contributed by atoms with Gasteiger partial charge in [-0.25, -0.2) is 14.4 Å². The third-order valence-electron chi connectivity index (χ3n) is 4.34. The van der Waals surface area contributed by atoms with E-state index < -0.39 is 0 Å². The summed E-state index contributed by atoms with van der Waals surface area (Å²) in [7, 11) is 0. The standard InChI is InChI=1S/C22H25FN2/c1-5-6-7-10-16(2)18-13-14-19(20(23)15-18)22(24-4)25-21-12-9-8-11-17(21)3/h5-14,16,18H,4,15H2,1-3H3/b6-5-,10-7-,25-22?/t16-,18?/m1/s1. The summed E-state index contributed by atoms with van der Waals surface area (Å²) in [6.45, 7) is 9.61. The molecule has 1 aromatic carbocycles. The number of halogens is 1. The molecule has 0 spiro atoms. The fourth-order valence-corrected chi connectivity index (χ4v) is 2.73. The summed E-state index contributed by atoms with van der Waals surface area (Å²) in [5.41, 5.74) is 2.23. The smallest absolute Gasteiger partial charge is 0.161 e. The number of allylic oxidation sites excluding steroid dienone is 6. The van der Waals surface area contributed by atoms with Crippen molar-refractivity contribution in [2.24, 2.45) is 21.8 Å². The van der Waals surface area contributed by atoms with Crippen LogP contribution in [0, 0.1) is 18.8 Å². The minimum absolute atomic E-state index is 0.134. The van der Waals surface area contributed by atoms with Gasteiger partial charge in [0.1, 0.15) is 5.83 Å². The van der Waals surface area contributed by atoms with Crippen molar-refractivity contribution in [3.8, 4) is 0 Å². The Labute approximate surface area is 149 Å². The van der Waals surface area contributed by atoms with E-state index in [1.54, 1.807) is 6.08 Å². The van der Waals surface area contributed by atoms with Crippen LogP contribution in [-0.4, -0.2) is 12.6 Å². The highest BCUT2D eigenvalue weighted by Gasteiger charge is 2.22. The van der Waals surface area contributed by atoms with Crippen molar-refractivity contribution in [2.75, 3.05) is 0 Å². The number of para-hydroxylation sites is 1. The highest BCUT2D eigenvalue weighted by molar-refractivity contribution is 6.05. The van der Waals surface area contributed by atoms with Crippen LogP contribution in [0.5, 0.6) is 0 Å². The highest BCUT2D eigenvalue weighted by Crippen LogP contribution is 2.32. The molecule has 1 aliphatic carbocycles. The zero-order chi connectivity index (χ0) is 18.2. The van der Waals surface area contributed by atoms with Crippen molar-refractivity contribution in [1.82, 2.24) is 0 Å². The number of amidine groups is 1. The molecule has 0 saturated carbocycles. The van der Waals surface area contributed by atoms with Crippen molar-refractivity contribution in [2.45, 2.75) is 27.2 Å². The molecule has 0 amide bonds. The molecule has 2 rings (SSSR count). The van der Waals surface area contributed by atoms with Crippen LogP contribution in [0.4, 0.5) is 10.1 Å². The third kappa shape index (κ3) is 4.96. The van der Waals surface area contributed by atoms with Gasteiger partial charge in [0.15, 0.2) is 5.84 Å². The Kier molecular flexibility index (Phi) is 6.81. The van der Waals surface area contributed by atoms with Crippen LogP contribution in [0.15, 0.2) is 82.1 Å². The second-order valence-corrected chi connectivity index (χ2v) is 6.20. The SMILES string of the molecule is C=NC(=Nc1ccccc1C)C1=C(F)CC([C@H](C)/C=C\C=C/C)C=C1. The molecule has 0 bridgehead atoms. The molecule has 2 nitrogen and oxygen atoms in total. The number of hydrogen-bond donors (Lipinski definition) is 0. The van der Waals surface area contributed by atoms with Crippen LogP contribution in [0.2, 0.25) is 0 Å². The predicted octanol–water partition coefficient (Wildman–Crippen LogP) is 6.29. The molecule has 0 saturated heterocycles. The van der Waals surface area contributed by atoms with Gasteiger partial charge in [0.25, 0.3) is 0 Å². The lowest BCUT2D eigenvalue weighted by Gasteiger charge is -2.21. The van der Waals surface area contributed by atoms with E-state index in [1.165, 1.54) is 0 Å². The van der Waals surface area contributed by atoms with E-state index in [9.17, 15) is 4.39 Å². The number of nitrogens with zero attached hydrogens (tertiary/aromatic N) is 2. The van der Waals surface area contributed by atoms with Gasteiger partial charge in [0, 0.05) is 6.42 Å². The molecular weight excluding hydrogens is 311 g/mol. The molecule has 0 N–H and O–H groups in total. The Morgan fingerprint density at radius 3 is 2.72 bits per heavy atom. The number of aryl methyl sites for hydroxylation is 1. The lowest BCUT2D eigenvalue weighted by atomic mass is 9.85. The maximum absolute atomic E-state index is 14.7. The summed E-state index contributed by atoms with van der Waals surface area (Å²) >= 11 is 0. The van der Waals surface area contributed by atoms with Crippen molar-refractivity contribution in [3.63, 3.8) is 0 Å². The minimum Gasteiger partial charge on any atom is -0.244 e. The first-order valence-corrected chi connectivity index (χ1v) is 8.54. The number of hydrogen-bond acceptors (Lipinski definition) is 1. The monoisotopic (exact) mass is 336 g/mol. The molecule has 0 aromatic heterocycles. The van der Waals surface area contributed by atoms with Crippen LogP contribution in [0.3, 0.4) is 0 Å². The average Bonchev–Trinajstić information content (AvgIpc) is 2.61. The summed E-state index contributed by atoms with van der Waals surface area (Å²) in [4.78, 5) is 8.45. The first kappa shape index (κ1) is 18.8. The molecular formula is C22H25FN2. The van der Waals surface area contributed by atoms with Crippen molar-refractivity contribution >= 4 is 18.2 Å². The normalized spacial score (nSPS) is 19.8. The Morgan fingerprint density at radius 1 is 1.32 bits per heavy atom. The predicted molar refractivity (Wildman–Crippen MR) is 106 cm³/mol. The molecule has 25 heavy (non-hydrogen) atoms. The quantitative estimate of drug-likeness (QED) is 0.343. The van der Waals surface area contributed by atoms with Crippen molar-refractivity contribution in [3.05, 3.63) is 77.7 Å². The van der Waals surface area contributed by atoms with E-state index >= 15 is 0 Å². The Morgan fingerprint density at radius 2 is 2.08 bits per heavy atom. The van der Waals surface area contributed by atoms with Gasteiger partial charge in [-0.2, -0.15) is 0 Å². The van der Waals surface area contributed by atoms with Crippen molar-refractivity contribution < 1.29 is 4.39 Å². The van der Waals surface area contributed by atoms with Gasteiger partial charge in [-0.3, -0.25) is 0 Å². The molecule has 1 aliphatic rings. The van der Waals surface area contributed by atoms with Crippen LogP contribution >= 0.6 is 0 Å². The molecule has 2 atom stereocenters. The maximum Gasteiger partial charge on any atom is 0.161 e. The average molecular weight is 336 g/mol. The van der Waals surface area contributed by atoms with Crippen LogP contribution in [0.25, 0.3) is 0 Å². The summed E-state index contributed by atoms with van der Waals surface area (Å²) in [5, 5.41) is 0. The highest BCUT2D eigenvalue weighted by atomic mass is 19.1. The fourth-order valence-electron chi connectivity index (χ4n) is 2.73. The largest absolute Gasteiger partial charge is 0.244 e. The van der Waals surface area contributed by atoms with Gasteiger partial charge >= 0.3 is 0 Å². The molecule has 3 heteroatoms. The summed E-state index contributed by atoms with van der Waals surface area (Å²) in [5.74, 6) is 0.542. The van der Waals surface area contributed by atoms with Crippen LogP contribution in [0.1, 0.15) is 25.8 Å². The Balaban J connectivity index is 2.22. The van der Waals surface area contributed by atoms with Gasteiger partial charge < -0.3 is 0 Å². The maximum atomic E-state index is 14.7. The second-order valence-electron chi connectivity index (χ2n) is 6.20. The molecule has 0 heterocycles. The van der Waals surface area contributed by atoms with Crippen molar-refractivity contribution in [1.29, 1.82) is 0 Å². The van der Waals surface area contributed by atoms with Gasteiger partial charge in [-0.15, -0.1) is 0 Å². The summed E-state index contributed by atoms with van der Waals surface area (Å²) < 4.78 is 14.7. The first-order chi connectivity index (χ1) is 12.1. The topological polar surface area (TPSA) is 24.7 Å². The van der Waals surface area contributed by atoms with Crippen LogP contribution < -0.4 is 0 Å². The fraction of sp³-hybridized carbons (Fsp3) is 0.273. The summed E-state index contributed by atoms with van der Waals surface area (Å²) in [6, 6.07) is 7.71. The molecule has 1 aromatic rings. The molecule has 130 valence electrons. The van der Waals surface area contributed by atoms with Gasteiger partial charge in [0.05, 0.1) is 11.3 Å². The molecule has 1 unspecified atom stereocenters. The molecule has 0 radical (unpaired) electrons. The van der Waals surface area contributed by atoms with Crippen LogP contribution in [-0.2, 0) is 0 Å². The lowest BCUT2D eigenvalue weighted by Crippen LogP contribution is -2.13. The van der Waals surface area contributed by atoms with E-state index in [4.69, 9.17) is 0 Å². The zero-order valence-electron chi connectivity index (χ0n) is 15.1. The molecule has 0 fully saturated rings. The van der Waals surface area contributed by atoms with Gasteiger partial charge in [-0.1, -0.05) is 61.6 Å². The van der Waals surface area contributed by atoms with Gasteiger partial charge in [-0.05, 0) is 44.0 Å². The first-order valence-electron chi connectivity index (χ1n) is 8.54. The molecule has 0 aliphatic heterocycles. The van der Waals surface area contributed by atoms with E-state index in [-0.39, 0.29) is 17.7 Å². The summed E-state index contributed by atoms with van der Waals surface area (Å²) in [6.07, 6.45) is 12.2. The zero-order valence-corrected chi connectivity index (χ0v) is 15.1.